The molecule has 0 aromatic heterocycles. The van der Waals surface area contributed by atoms with Crippen molar-refractivity contribution in [2.75, 3.05) is 6.00 Å². The van der Waals surface area contributed by atoms with Crippen LogP contribution in [0, 0.1) is 4.91 Å². The van der Waals surface area contributed by atoms with Crippen LogP contribution in [0.2, 0.25) is 0 Å². The maximum atomic E-state index is 11.3. The van der Waals surface area contributed by atoms with Crippen LogP contribution >= 0.6 is 11.6 Å². The van der Waals surface area contributed by atoms with E-state index in [2.05, 4.69) is 10.6 Å². The largest absolute Gasteiger partial charge is 0.341 e. The Morgan fingerprint density at radius 3 is 2.57 bits per heavy atom. The minimum absolute atomic E-state index is 0.170. The Labute approximate surface area is 87.7 Å². The molecule has 2 amide bonds. The first-order valence-corrected chi connectivity index (χ1v) is 5.28. The molecular weight excluding hydrogens is 206 g/mol. The number of halogens is 1. The second-order valence-corrected chi connectivity index (χ2v) is 3.62. The fraction of sp³-hybridized carbons (Fsp3) is 0.875. The van der Waals surface area contributed by atoms with Gasteiger partial charge in [0.05, 0.1) is 5.29 Å². The van der Waals surface area contributed by atoms with E-state index in [1.807, 2.05) is 0 Å². The van der Waals surface area contributed by atoms with Crippen molar-refractivity contribution in [3.8, 4) is 0 Å². The molecule has 0 radical (unpaired) electrons. The summed E-state index contributed by atoms with van der Waals surface area (Å²) < 4.78 is 0. The number of rotatable bonds is 3. The average molecular weight is 220 g/mol. The van der Waals surface area contributed by atoms with Crippen LogP contribution in [0.25, 0.3) is 0 Å². The molecule has 0 aromatic carbocycles. The topological polar surface area (TPSA) is 61.8 Å². The summed E-state index contributed by atoms with van der Waals surface area (Å²) in [5.41, 5.74) is 0. The van der Waals surface area contributed by atoms with Crippen molar-refractivity contribution in [2.24, 2.45) is 5.29 Å². The predicted octanol–water partition coefficient (Wildman–Crippen LogP) is 2.21. The zero-order valence-corrected chi connectivity index (χ0v) is 8.66. The third-order valence-corrected chi connectivity index (χ3v) is 2.61. The van der Waals surface area contributed by atoms with Gasteiger partial charge in [-0.15, -0.1) is 16.5 Å². The first-order chi connectivity index (χ1) is 6.77. The normalized spacial score (nSPS) is 17.5. The highest BCUT2D eigenvalue weighted by molar-refractivity contribution is 6.18. The highest BCUT2D eigenvalue weighted by Crippen LogP contribution is 2.17. The number of amides is 2. The van der Waals surface area contributed by atoms with Gasteiger partial charge in [0.2, 0.25) is 0 Å². The van der Waals surface area contributed by atoms with Crippen LogP contribution in [-0.4, -0.2) is 23.1 Å². The molecule has 0 heterocycles. The monoisotopic (exact) mass is 219 g/mol. The van der Waals surface area contributed by atoms with E-state index in [4.69, 9.17) is 11.6 Å². The summed E-state index contributed by atoms with van der Waals surface area (Å²) in [6.07, 6.45) is 5.42. The Hall–Kier alpha value is -0.840. The SMILES string of the molecule is O=NN(CCl)C(=O)NC1CCCCC1. The lowest BCUT2D eigenvalue weighted by Gasteiger charge is -2.23. The van der Waals surface area contributed by atoms with Gasteiger partial charge in [-0.2, -0.15) is 5.01 Å². The van der Waals surface area contributed by atoms with Gasteiger partial charge in [0, 0.05) is 6.04 Å². The molecule has 6 heteroatoms. The number of hydrogen-bond donors (Lipinski definition) is 1. The molecule has 0 aromatic rings. The van der Waals surface area contributed by atoms with Crippen molar-refractivity contribution >= 4 is 17.6 Å². The van der Waals surface area contributed by atoms with Crippen LogP contribution in [0.1, 0.15) is 32.1 Å². The molecule has 0 aliphatic heterocycles. The Kier molecular flexibility index (Phi) is 4.65. The van der Waals surface area contributed by atoms with E-state index in [0.29, 0.717) is 5.01 Å². The molecule has 1 fully saturated rings. The summed E-state index contributed by atoms with van der Waals surface area (Å²) in [5.74, 6) is 0. The van der Waals surface area contributed by atoms with Crippen LogP contribution in [0.4, 0.5) is 4.79 Å². The molecule has 14 heavy (non-hydrogen) atoms. The maximum Gasteiger partial charge on any atom is 0.341 e. The third kappa shape index (κ3) is 3.14. The van der Waals surface area contributed by atoms with Crippen molar-refractivity contribution in [3.05, 3.63) is 4.91 Å². The van der Waals surface area contributed by atoms with Gasteiger partial charge < -0.3 is 5.32 Å². The molecule has 1 N–H and O–H groups in total. The van der Waals surface area contributed by atoms with Crippen LogP contribution in [0.15, 0.2) is 5.29 Å². The number of carbonyl (C=O) groups is 1. The third-order valence-electron chi connectivity index (χ3n) is 2.38. The highest BCUT2D eigenvalue weighted by Gasteiger charge is 2.19. The van der Waals surface area contributed by atoms with Crippen LogP contribution in [-0.2, 0) is 0 Å². The molecule has 1 saturated carbocycles. The summed E-state index contributed by atoms with van der Waals surface area (Å²) >= 11 is 5.35. The van der Waals surface area contributed by atoms with Gasteiger partial charge in [-0.1, -0.05) is 19.3 Å². The molecule has 1 aliphatic rings. The fourth-order valence-corrected chi connectivity index (χ4v) is 1.76. The molecule has 1 rings (SSSR count). The Morgan fingerprint density at radius 1 is 1.43 bits per heavy atom. The smallest absolute Gasteiger partial charge is 0.334 e. The molecule has 80 valence electrons. The summed E-state index contributed by atoms with van der Waals surface area (Å²) in [7, 11) is 0. The average Bonchev–Trinajstić information content (AvgIpc) is 2.21. The van der Waals surface area contributed by atoms with Crippen molar-refractivity contribution in [1.82, 2.24) is 10.3 Å². The van der Waals surface area contributed by atoms with Crippen molar-refractivity contribution in [1.29, 1.82) is 0 Å². The molecule has 0 unspecified atom stereocenters. The molecular formula is C8H14ClN3O2. The van der Waals surface area contributed by atoms with Gasteiger partial charge in [-0.05, 0) is 12.8 Å². The Bertz CT molecular complexity index is 207. The van der Waals surface area contributed by atoms with Gasteiger partial charge in [0.15, 0.2) is 0 Å². The summed E-state index contributed by atoms with van der Waals surface area (Å²) in [5, 5.41) is 5.92. The van der Waals surface area contributed by atoms with Gasteiger partial charge >= 0.3 is 6.03 Å². The van der Waals surface area contributed by atoms with Crippen LogP contribution in [0.3, 0.4) is 0 Å². The first kappa shape index (κ1) is 11.2. The van der Waals surface area contributed by atoms with E-state index in [9.17, 15) is 9.70 Å². The lowest BCUT2D eigenvalue weighted by molar-refractivity contribution is 0.199. The van der Waals surface area contributed by atoms with E-state index in [0.717, 1.165) is 25.7 Å². The second kappa shape index (κ2) is 5.80. The molecule has 0 bridgehead atoms. The van der Waals surface area contributed by atoms with E-state index < -0.39 is 6.03 Å². The molecule has 0 spiro atoms. The number of nitrogens with zero attached hydrogens (tertiary/aromatic N) is 2. The van der Waals surface area contributed by atoms with Crippen LogP contribution < -0.4 is 5.32 Å². The molecule has 0 saturated heterocycles. The van der Waals surface area contributed by atoms with Crippen molar-refractivity contribution in [2.45, 2.75) is 38.1 Å². The summed E-state index contributed by atoms with van der Waals surface area (Å²) in [6.45, 7) is 0. The zero-order valence-electron chi connectivity index (χ0n) is 7.91. The van der Waals surface area contributed by atoms with Crippen molar-refractivity contribution < 1.29 is 4.79 Å². The van der Waals surface area contributed by atoms with E-state index in [-0.39, 0.29) is 12.0 Å². The summed E-state index contributed by atoms with van der Waals surface area (Å²) in [6, 6.07) is -0.534. The Morgan fingerprint density at radius 2 is 2.07 bits per heavy atom. The minimum atomic E-state index is -0.498. The number of carbonyl (C=O) groups excluding carboxylic acids is 1. The molecule has 0 atom stereocenters. The molecule has 1 aliphatic carbocycles. The fourth-order valence-electron chi connectivity index (χ4n) is 1.61. The molecule has 5 nitrogen and oxygen atoms in total. The number of nitroso groups, excluding NO2 is 1. The quantitative estimate of drug-likeness (QED) is 0.342. The summed E-state index contributed by atoms with van der Waals surface area (Å²) in [4.78, 5) is 21.5. The van der Waals surface area contributed by atoms with E-state index in [1.165, 1.54) is 6.42 Å². The van der Waals surface area contributed by atoms with E-state index in [1.54, 1.807) is 0 Å². The lowest BCUT2D eigenvalue weighted by Crippen LogP contribution is -2.42. The maximum absolute atomic E-state index is 11.3. The lowest BCUT2D eigenvalue weighted by atomic mass is 9.96. The number of hydrogen-bond acceptors (Lipinski definition) is 3. The number of nitrogens with one attached hydrogen (secondary N) is 1. The van der Waals surface area contributed by atoms with Gasteiger partial charge in [-0.25, -0.2) is 4.79 Å². The first-order valence-electron chi connectivity index (χ1n) is 4.75. The van der Waals surface area contributed by atoms with Crippen molar-refractivity contribution in [3.63, 3.8) is 0 Å². The van der Waals surface area contributed by atoms with Gasteiger partial charge in [-0.3, -0.25) is 0 Å². The van der Waals surface area contributed by atoms with Crippen LogP contribution in [0.5, 0.6) is 0 Å². The Balaban J connectivity index is 2.34. The van der Waals surface area contributed by atoms with Gasteiger partial charge in [0.25, 0.3) is 0 Å². The predicted molar refractivity (Wildman–Crippen MR) is 53.8 cm³/mol. The standard InChI is InChI=1S/C8H14ClN3O2/c9-6-12(11-14)8(13)10-7-4-2-1-3-5-7/h7H,1-6H2,(H,10,13). The highest BCUT2D eigenvalue weighted by atomic mass is 35.5. The minimum Gasteiger partial charge on any atom is -0.334 e. The van der Waals surface area contributed by atoms with E-state index >= 15 is 0 Å². The number of alkyl halides is 1. The second-order valence-electron chi connectivity index (χ2n) is 3.39. The number of urea groups is 1. The zero-order chi connectivity index (χ0) is 10.4. The van der Waals surface area contributed by atoms with Gasteiger partial charge in [0.1, 0.15) is 6.00 Å².